The molecule has 0 saturated carbocycles. The molecule has 5 nitrogen and oxygen atoms in total. The van der Waals surface area contributed by atoms with E-state index < -0.39 is 5.97 Å². The summed E-state index contributed by atoms with van der Waals surface area (Å²) in [6, 6.07) is 11.7. The molecule has 0 spiro atoms. The first-order valence-electron chi connectivity index (χ1n) is 7.38. The van der Waals surface area contributed by atoms with E-state index in [1.54, 1.807) is 14.0 Å². The Morgan fingerprint density at radius 2 is 1.96 bits per heavy atom. The maximum Gasteiger partial charge on any atom is 0.335 e. The number of anilines is 1. The molecule has 0 aromatic heterocycles. The molecule has 0 aliphatic carbocycles. The fourth-order valence-corrected chi connectivity index (χ4v) is 2.47. The van der Waals surface area contributed by atoms with Crippen molar-refractivity contribution in [2.75, 3.05) is 12.4 Å². The molecule has 1 atom stereocenters. The molecule has 0 aliphatic rings. The van der Waals surface area contributed by atoms with Crippen molar-refractivity contribution >= 4 is 29.2 Å². The van der Waals surface area contributed by atoms with Gasteiger partial charge in [0.2, 0.25) is 5.91 Å². The largest absolute Gasteiger partial charge is 0.496 e. The van der Waals surface area contributed by atoms with E-state index in [1.165, 1.54) is 18.2 Å². The van der Waals surface area contributed by atoms with Crippen molar-refractivity contribution in [1.82, 2.24) is 0 Å². The van der Waals surface area contributed by atoms with Gasteiger partial charge in [-0.25, -0.2) is 4.79 Å². The number of rotatable bonds is 6. The molecule has 0 heterocycles. The smallest absolute Gasteiger partial charge is 0.335 e. The van der Waals surface area contributed by atoms with Crippen LogP contribution in [0.15, 0.2) is 42.5 Å². The third-order valence-electron chi connectivity index (χ3n) is 3.64. The van der Waals surface area contributed by atoms with Crippen LogP contribution < -0.4 is 10.1 Å². The minimum absolute atomic E-state index is 0.0621. The first-order valence-corrected chi connectivity index (χ1v) is 7.75. The Morgan fingerprint density at radius 3 is 2.62 bits per heavy atom. The van der Waals surface area contributed by atoms with E-state index in [4.69, 9.17) is 21.4 Å². The lowest BCUT2D eigenvalue weighted by Crippen LogP contribution is -2.22. The Balaban J connectivity index is 2.12. The van der Waals surface area contributed by atoms with Crippen molar-refractivity contribution in [2.24, 2.45) is 5.92 Å². The highest BCUT2D eigenvalue weighted by Gasteiger charge is 2.17. The van der Waals surface area contributed by atoms with Gasteiger partial charge in [-0.1, -0.05) is 36.7 Å². The molecule has 0 fully saturated rings. The monoisotopic (exact) mass is 347 g/mol. The fourth-order valence-electron chi connectivity index (χ4n) is 2.30. The molecule has 1 amide bonds. The van der Waals surface area contributed by atoms with Crippen molar-refractivity contribution in [3.8, 4) is 5.75 Å². The average molecular weight is 348 g/mol. The summed E-state index contributed by atoms with van der Waals surface area (Å²) in [6.45, 7) is 1.79. The molecule has 2 aromatic carbocycles. The van der Waals surface area contributed by atoms with Gasteiger partial charge >= 0.3 is 5.97 Å². The Hall–Kier alpha value is -2.53. The van der Waals surface area contributed by atoms with E-state index in [-0.39, 0.29) is 28.1 Å². The summed E-state index contributed by atoms with van der Waals surface area (Å²) in [5.74, 6) is -0.941. The normalized spacial score (nSPS) is 11.6. The van der Waals surface area contributed by atoms with Gasteiger partial charge in [-0.05, 0) is 36.2 Å². The van der Waals surface area contributed by atoms with Gasteiger partial charge in [0.05, 0.1) is 23.4 Å². The highest BCUT2D eigenvalue weighted by Crippen LogP contribution is 2.25. The zero-order chi connectivity index (χ0) is 17.7. The van der Waals surface area contributed by atoms with Crippen LogP contribution in [0.1, 0.15) is 22.8 Å². The number of nitrogens with one attached hydrogen (secondary N) is 1. The molecule has 2 rings (SSSR count). The first-order chi connectivity index (χ1) is 11.4. The van der Waals surface area contributed by atoms with Crippen LogP contribution in [0.5, 0.6) is 5.75 Å². The van der Waals surface area contributed by atoms with Crippen molar-refractivity contribution in [3.05, 3.63) is 58.6 Å². The van der Waals surface area contributed by atoms with E-state index in [2.05, 4.69) is 5.32 Å². The number of benzene rings is 2. The molecule has 0 saturated heterocycles. The number of ether oxygens (including phenoxy) is 1. The topological polar surface area (TPSA) is 75.6 Å². The van der Waals surface area contributed by atoms with Gasteiger partial charge in [0.15, 0.2) is 0 Å². The molecule has 2 aromatic rings. The number of halogens is 1. The Labute approximate surface area is 145 Å². The lowest BCUT2D eigenvalue weighted by Gasteiger charge is -2.15. The van der Waals surface area contributed by atoms with Crippen LogP contribution >= 0.6 is 11.6 Å². The lowest BCUT2D eigenvalue weighted by atomic mass is 9.99. The number of carboxylic acids is 1. The summed E-state index contributed by atoms with van der Waals surface area (Å²) in [5.41, 5.74) is 1.27. The SMILES string of the molecule is COc1ccccc1CC(C)C(=O)Nc1cc(C(=O)O)ccc1Cl. The third kappa shape index (κ3) is 4.26. The highest BCUT2D eigenvalue weighted by molar-refractivity contribution is 6.33. The quantitative estimate of drug-likeness (QED) is 0.831. The number of carbonyl (C=O) groups excluding carboxylic acids is 1. The summed E-state index contributed by atoms with van der Waals surface area (Å²) >= 11 is 6.03. The van der Waals surface area contributed by atoms with Crippen molar-refractivity contribution < 1.29 is 19.4 Å². The average Bonchev–Trinajstić information content (AvgIpc) is 2.57. The molecule has 6 heteroatoms. The zero-order valence-corrected chi connectivity index (χ0v) is 14.1. The number of para-hydroxylation sites is 1. The number of aromatic carboxylic acids is 1. The van der Waals surface area contributed by atoms with E-state index in [1.807, 2.05) is 24.3 Å². The summed E-state index contributed by atoms with van der Waals surface area (Å²) in [5, 5.41) is 12.0. The summed E-state index contributed by atoms with van der Waals surface area (Å²) in [7, 11) is 1.58. The van der Waals surface area contributed by atoms with Gasteiger partial charge in [0.1, 0.15) is 5.75 Å². The molecule has 2 N–H and O–H groups in total. The molecule has 24 heavy (non-hydrogen) atoms. The first kappa shape index (κ1) is 17.8. The molecule has 0 bridgehead atoms. The zero-order valence-electron chi connectivity index (χ0n) is 13.4. The van der Waals surface area contributed by atoms with E-state index >= 15 is 0 Å². The third-order valence-corrected chi connectivity index (χ3v) is 3.97. The van der Waals surface area contributed by atoms with Gasteiger partial charge in [0.25, 0.3) is 0 Å². The van der Waals surface area contributed by atoms with E-state index in [0.29, 0.717) is 6.42 Å². The minimum Gasteiger partial charge on any atom is -0.496 e. The van der Waals surface area contributed by atoms with Crippen LogP contribution in [0.25, 0.3) is 0 Å². The highest BCUT2D eigenvalue weighted by atomic mass is 35.5. The Kier molecular flexibility index (Phi) is 5.82. The Bertz CT molecular complexity index is 760. The Morgan fingerprint density at radius 1 is 1.25 bits per heavy atom. The van der Waals surface area contributed by atoms with Crippen LogP contribution in [-0.4, -0.2) is 24.1 Å². The molecular weight excluding hydrogens is 330 g/mol. The van der Waals surface area contributed by atoms with Gasteiger partial charge in [0, 0.05) is 5.92 Å². The minimum atomic E-state index is -1.08. The second-order valence-electron chi connectivity index (χ2n) is 5.41. The number of hydrogen-bond acceptors (Lipinski definition) is 3. The summed E-state index contributed by atoms with van der Waals surface area (Å²) in [6.07, 6.45) is 0.492. The fraction of sp³-hybridized carbons (Fsp3) is 0.222. The summed E-state index contributed by atoms with van der Waals surface area (Å²) < 4.78 is 5.29. The molecule has 1 unspecified atom stereocenters. The van der Waals surface area contributed by atoms with Gasteiger partial charge in [-0.15, -0.1) is 0 Å². The number of hydrogen-bond donors (Lipinski definition) is 2. The molecule has 126 valence electrons. The number of methoxy groups -OCH3 is 1. The van der Waals surface area contributed by atoms with Gasteiger partial charge in [-0.2, -0.15) is 0 Å². The van der Waals surface area contributed by atoms with Crippen LogP contribution in [0, 0.1) is 5.92 Å². The van der Waals surface area contributed by atoms with Crippen LogP contribution in [0.4, 0.5) is 5.69 Å². The van der Waals surface area contributed by atoms with Crippen LogP contribution in [-0.2, 0) is 11.2 Å². The lowest BCUT2D eigenvalue weighted by molar-refractivity contribution is -0.119. The second-order valence-corrected chi connectivity index (χ2v) is 5.81. The van der Waals surface area contributed by atoms with Crippen LogP contribution in [0.2, 0.25) is 5.02 Å². The maximum absolute atomic E-state index is 12.4. The standard InChI is InChI=1S/C18H18ClNO4/c1-11(9-12-5-3-4-6-16(12)24-2)17(21)20-15-10-13(18(22)23)7-8-14(15)19/h3-8,10-11H,9H2,1-2H3,(H,20,21)(H,22,23). The summed E-state index contributed by atoms with van der Waals surface area (Å²) in [4.78, 5) is 23.4. The van der Waals surface area contributed by atoms with E-state index in [9.17, 15) is 9.59 Å². The van der Waals surface area contributed by atoms with E-state index in [0.717, 1.165) is 11.3 Å². The van der Waals surface area contributed by atoms with Crippen molar-refractivity contribution in [3.63, 3.8) is 0 Å². The van der Waals surface area contributed by atoms with Gasteiger partial charge < -0.3 is 15.2 Å². The maximum atomic E-state index is 12.4. The van der Waals surface area contributed by atoms with Gasteiger partial charge in [-0.3, -0.25) is 4.79 Å². The predicted octanol–water partition coefficient (Wildman–Crippen LogP) is 3.86. The molecule has 0 aliphatic heterocycles. The van der Waals surface area contributed by atoms with Crippen molar-refractivity contribution in [2.45, 2.75) is 13.3 Å². The predicted molar refractivity (Wildman–Crippen MR) is 92.9 cm³/mol. The number of amides is 1. The molecular formula is C18H18ClNO4. The van der Waals surface area contributed by atoms with Crippen molar-refractivity contribution in [1.29, 1.82) is 0 Å². The van der Waals surface area contributed by atoms with Crippen LogP contribution in [0.3, 0.4) is 0 Å². The number of carbonyl (C=O) groups is 2. The molecule has 0 radical (unpaired) electrons. The number of carboxylic acid groups (broad SMARTS) is 1. The second kappa shape index (κ2) is 7.84.